The minimum absolute atomic E-state index is 0.0492. The number of rotatable bonds is 13. The zero-order valence-corrected chi connectivity index (χ0v) is 32.9. The van der Waals surface area contributed by atoms with Crippen LogP contribution in [0.3, 0.4) is 0 Å². The van der Waals surface area contributed by atoms with Crippen molar-refractivity contribution in [3.8, 4) is 5.75 Å². The Morgan fingerprint density at radius 1 is 0.727 bits per heavy atom. The van der Waals surface area contributed by atoms with Crippen LogP contribution < -0.4 is 9.64 Å². The summed E-state index contributed by atoms with van der Waals surface area (Å²) in [5, 5.41) is 0.715. The van der Waals surface area contributed by atoms with Gasteiger partial charge in [0.25, 0.3) is 0 Å². The predicted octanol–water partition coefficient (Wildman–Crippen LogP) is 6.79. The highest BCUT2D eigenvalue weighted by Crippen LogP contribution is 2.23. The first kappa shape index (κ1) is 39.6. The Labute approximate surface area is 330 Å². The third-order valence-corrected chi connectivity index (χ3v) is 10.5. The van der Waals surface area contributed by atoms with Gasteiger partial charge in [0.1, 0.15) is 11.8 Å². The van der Waals surface area contributed by atoms with E-state index in [4.69, 9.17) is 16.3 Å². The Morgan fingerprint density at radius 3 is 1.96 bits per heavy atom. The van der Waals surface area contributed by atoms with Crippen molar-refractivity contribution in [3.05, 3.63) is 136 Å². The lowest BCUT2D eigenvalue weighted by atomic mass is 10.0. The molecule has 6 rings (SSSR count). The van der Waals surface area contributed by atoms with E-state index in [9.17, 15) is 14.4 Å². The summed E-state index contributed by atoms with van der Waals surface area (Å²) in [5.74, 6) is 0.589. The third kappa shape index (κ3) is 11.2. The van der Waals surface area contributed by atoms with Gasteiger partial charge in [-0.25, -0.2) is 0 Å². The van der Waals surface area contributed by atoms with Crippen molar-refractivity contribution >= 4 is 41.1 Å². The number of benzene rings is 4. The van der Waals surface area contributed by atoms with Crippen LogP contribution >= 0.6 is 11.6 Å². The molecule has 2 fully saturated rings. The second-order valence-corrected chi connectivity index (χ2v) is 15.1. The lowest BCUT2D eigenvalue weighted by Crippen LogP contribution is -2.56. The first-order chi connectivity index (χ1) is 26.6. The second-order valence-electron chi connectivity index (χ2n) is 14.6. The van der Waals surface area contributed by atoms with Gasteiger partial charge in [-0.05, 0) is 78.6 Å². The van der Waals surface area contributed by atoms with Gasteiger partial charge in [-0.3, -0.25) is 19.3 Å². The van der Waals surface area contributed by atoms with Crippen LogP contribution in [0.25, 0.3) is 6.08 Å². The van der Waals surface area contributed by atoms with E-state index >= 15 is 0 Å². The molecule has 55 heavy (non-hydrogen) atoms. The van der Waals surface area contributed by atoms with E-state index < -0.39 is 6.04 Å². The van der Waals surface area contributed by atoms with Crippen molar-refractivity contribution < 1.29 is 19.1 Å². The first-order valence-corrected chi connectivity index (χ1v) is 19.6. The predicted molar refractivity (Wildman–Crippen MR) is 220 cm³/mol. The minimum atomic E-state index is -0.719. The van der Waals surface area contributed by atoms with Crippen molar-refractivity contribution in [1.82, 2.24) is 19.6 Å². The molecule has 2 heterocycles. The monoisotopic (exact) mass is 761 g/mol. The fraction of sp³-hybridized carbons (Fsp3) is 0.356. The SMILES string of the molecule is CC(=O)N1CCN(c2ccc(CN(C(=O)/C=C/c3ccc(OC(C)C)cc3)[C@@H](Cc3ccccc3)C(=O)N3CCN(Cc4ccc(Cl)cc4)CC3)cc2)CC1. The number of carbonyl (C=O) groups excluding carboxylic acids is 3. The van der Waals surface area contributed by atoms with Gasteiger partial charge in [0.15, 0.2) is 0 Å². The molecule has 0 aliphatic carbocycles. The molecule has 2 saturated heterocycles. The Balaban J connectivity index is 1.24. The van der Waals surface area contributed by atoms with Gasteiger partial charge < -0.3 is 24.3 Å². The Kier molecular flexibility index (Phi) is 13.6. The molecule has 2 aliphatic rings. The van der Waals surface area contributed by atoms with Crippen molar-refractivity contribution in [2.24, 2.45) is 0 Å². The summed E-state index contributed by atoms with van der Waals surface area (Å²) in [7, 11) is 0. The van der Waals surface area contributed by atoms with E-state index in [1.807, 2.05) is 115 Å². The van der Waals surface area contributed by atoms with E-state index in [0.29, 0.717) is 37.6 Å². The summed E-state index contributed by atoms with van der Waals surface area (Å²) in [6.45, 7) is 12.2. The van der Waals surface area contributed by atoms with E-state index in [-0.39, 0.29) is 30.4 Å². The van der Waals surface area contributed by atoms with Crippen LogP contribution in [0.1, 0.15) is 43.0 Å². The fourth-order valence-corrected chi connectivity index (χ4v) is 7.30. The highest BCUT2D eigenvalue weighted by Gasteiger charge is 2.34. The number of anilines is 1. The molecular formula is C45H52ClN5O4. The smallest absolute Gasteiger partial charge is 0.247 e. The molecule has 0 bridgehead atoms. The molecule has 9 nitrogen and oxygen atoms in total. The molecule has 288 valence electrons. The number of carbonyl (C=O) groups is 3. The van der Waals surface area contributed by atoms with E-state index in [1.165, 1.54) is 5.56 Å². The summed E-state index contributed by atoms with van der Waals surface area (Å²) < 4.78 is 5.81. The number of ether oxygens (including phenoxy) is 1. The van der Waals surface area contributed by atoms with Gasteiger partial charge in [-0.1, -0.05) is 78.3 Å². The Morgan fingerprint density at radius 2 is 1.35 bits per heavy atom. The van der Waals surface area contributed by atoms with Gasteiger partial charge >= 0.3 is 0 Å². The van der Waals surface area contributed by atoms with Gasteiger partial charge in [-0.2, -0.15) is 0 Å². The van der Waals surface area contributed by atoms with Crippen molar-refractivity contribution in [1.29, 1.82) is 0 Å². The fourth-order valence-electron chi connectivity index (χ4n) is 7.18. The van der Waals surface area contributed by atoms with Crippen LogP contribution in [0.15, 0.2) is 109 Å². The Bertz CT molecular complexity index is 1880. The molecule has 0 unspecified atom stereocenters. The van der Waals surface area contributed by atoms with Crippen molar-refractivity contribution in [3.63, 3.8) is 0 Å². The van der Waals surface area contributed by atoms with Gasteiger partial charge in [0.2, 0.25) is 17.7 Å². The maximum atomic E-state index is 14.7. The van der Waals surface area contributed by atoms with Gasteiger partial charge in [0, 0.05) is 95.6 Å². The van der Waals surface area contributed by atoms with Crippen LogP contribution in [0.4, 0.5) is 5.69 Å². The first-order valence-electron chi connectivity index (χ1n) is 19.3. The topological polar surface area (TPSA) is 76.6 Å². The molecule has 0 N–H and O–H groups in total. The highest BCUT2D eigenvalue weighted by atomic mass is 35.5. The molecule has 4 aromatic carbocycles. The number of nitrogens with zero attached hydrogens (tertiary/aromatic N) is 5. The number of piperazine rings is 2. The summed E-state index contributed by atoms with van der Waals surface area (Å²) in [6.07, 6.45) is 3.84. The summed E-state index contributed by atoms with van der Waals surface area (Å²) >= 11 is 6.11. The zero-order chi connectivity index (χ0) is 38.7. The summed E-state index contributed by atoms with van der Waals surface area (Å²) in [4.78, 5) is 51.1. The molecule has 0 aromatic heterocycles. The normalized spacial score (nSPS) is 15.7. The lowest BCUT2D eigenvalue weighted by molar-refractivity contribution is -0.145. The lowest BCUT2D eigenvalue weighted by Gasteiger charge is -2.39. The molecule has 3 amide bonds. The molecule has 1 atom stereocenters. The maximum Gasteiger partial charge on any atom is 0.247 e. The second kappa shape index (κ2) is 19.0. The number of hydrogen-bond donors (Lipinski definition) is 0. The van der Waals surface area contributed by atoms with Crippen LogP contribution in [0.5, 0.6) is 5.75 Å². The van der Waals surface area contributed by atoms with Crippen molar-refractivity contribution in [2.45, 2.75) is 52.4 Å². The summed E-state index contributed by atoms with van der Waals surface area (Å²) in [5.41, 5.74) is 5.04. The van der Waals surface area contributed by atoms with Crippen molar-refractivity contribution in [2.75, 3.05) is 57.3 Å². The summed E-state index contributed by atoms with van der Waals surface area (Å²) in [6, 6.07) is 33.0. The van der Waals surface area contributed by atoms with E-state index in [2.05, 4.69) is 21.9 Å². The zero-order valence-electron chi connectivity index (χ0n) is 32.1. The van der Waals surface area contributed by atoms with E-state index in [1.54, 1.807) is 24.0 Å². The molecule has 10 heteroatoms. The molecule has 0 radical (unpaired) electrons. The quantitative estimate of drug-likeness (QED) is 0.140. The largest absolute Gasteiger partial charge is 0.491 e. The molecule has 2 aliphatic heterocycles. The van der Waals surface area contributed by atoms with Crippen LogP contribution in [0, 0.1) is 0 Å². The van der Waals surface area contributed by atoms with Gasteiger partial charge in [-0.15, -0.1) is 0 Å². The van der Waals surface area contributed by atoms with Gasteiger partial charge in [0.05, 0.1) is 6.10 Å². The van der Waals surface area contributed by atoms with Crippen LogP contribution in [-0.4, -0.2) is 102 Å². The average molecular weight is 762 g/mol. The van der Waals surface area contributed by atoms with Crippen LogP contribution in [0.2, 0.25) is 5.02 Å². The Hall–Kier alpha value is -5.12. The number of amides is 3. The average Bonchev–Trinajstić information content (AvgIpc) is 3.20. The van der Waals surface area contributed by atoms with E-state index in [0.717, 1.165) is 60.9 Å². The molecule has 0 spiro atoms. The standard InChI is InChI=1S/C45H52ClN5O4/c1-34(2)55-42-20-13-36(14-21-42)15-22-44(53)51(33-39-11-18-41(19-12-39)49-29-27-48(28-30-49)35(3)52)43(31-37-7-5-4-6-8-37)45(54)50-25-23-47(24-26-50)32-38-9-16-40(46)17-10-38/h4-22,34,43H,23-33H2,1-3H3/b22-15+/t43-/m0/s1. The third-order valence-electron chi connectivity index (χ3n) is 10.3. The highest BCUT2D eigenvalue weighted by molar-refractivity contribution is 6.30. The number of hydrogen-bond acceptors (Lipinski definition) is 6. The molecular weight excluding hydrogens is 710 g/mol. The molecule has 4 aromatic rings. The van der Waals surface area contributed by atoms with Crippen LogP contribution in [-0.2, 0) is 33.9 Å². The maximum absolute atomic E-state index is 14.7. The molecule has 0 saturated carbocycles. The minimum Gasteiger partial charge on any atom is -0.491 e. The number of halogens is 1.